The molecule has 15 heavy (non-hydrogen) atoms. The van der Waals surface area contributed by atoms with Crippen LogP contribution in [-0.4, -0.2) is 36.8 Å². The quantitative estimate of drug-likeness (QED) is 0.775. The van der Waals surface area contributed by atoms with Crippen LogP contribution in [0.4, 0.5) is 0 Å². The zero-order valence-electron chi connectivity index (χ0n) is 8.77. The Morgan fingerprint density at radius 1 is 1.53 bits per heavy atom. The van der Waals surface area contributed by atoms with Gasteiger partial charge in [-0.05, 0) is 13.1 Å². The normalized spacial score (nSPS) is 21.5. The lowest BCUT2D eigenvalue weighted by molar-refractivity contribution is -0.0936. The molecule has 5 heteroatoms. The van der Waals surface area contributed by atoms with E-state index in [4.69, 9.17) is 9.47 Å². The molecule has 0 radical (unpaired) electrons. The molecular weight excluding hydrogens is 194 g/mol. The molecule has 1 aromatic rings. The molecule has 1 aromatic heterocycles. The molecule has 1 atom stereocenters. The Morgan fingerprint density at radius 3 is 3.20 bits per heavy atom. The summed E-state index contributed by atoms with van der Waals surface area (Å²) in [6.07, 6.45) is 1.64. The maximum Gasteiger partial charge on any atom is 0.159 e. The van der Waals surface area contributed by atoms with Crippen molar-refractivity contribution in [1.29, 1.82) is 0 Å². The topological polar surface area (TPSA) is 56.3 Å². The summed E-state index contributed by atoms with van der Waals surface area (Å²) in [5.74, 6) is 0.711. The molecular formula is C10H15N3O2. The zero-order chi connectivity index (χ0) is 10.5. The van der Waals surface area contributed by atoms with Gasteiger partial charge in [-0.15, -0.1) is 0 Å². The predicted octanol–water partition coefficient (Wildman–Crippen LogP) is 0.284. The Kier molecular flexibility index (Phi) is 3.60. The van der Waals surface area contributed by atoms with E-state index in [0.717, 1.165) is 12.2 Å². The van der Waals surface area contributed by atoms with Crippen LogP contribution in [0.3, 0.4) is 0 Å². The molecule has 1 aliphatic rings. The Balaban J connectivity index is 2.09. The van der Waals surface area contributed by atoms with E-state index in [1.165, 1.54) is 0 Å². The van der Waals surface area contributed by atoms with E-state index in [1.54, 1.807) is 6.20 Å². The van der Waals surface area contributed by atoms with Crippen LogP contribution in [0.15, 0.2) is 12.3 Å². The highest BCUT2D eigenvalue weighted by molar-refractivity contribution is 5.04. The summed E-state index contributed by atoms with van der Waals surface area (Å²) in [6.45, 7) is 2.56. The van der Waals surface area contributed by atoms with Gasteiger partial charge in [0.2, 0.25) is 0 Å². The van der Waals surface area contributed by atoms with Crippen molar-refractivity contribution in [3.8, 4) is 0 Å². The summed E-state index contributed by atoms with van der Waals surface area (Å²) in [4.78, 5) is 8.61. The van der Waals surface area contributed by atoms with E-state index >= 15 is 0 Å². The monoisotopic (exact) mass is 209 g/mol. The maximum atomic E-state index is 5.53. The molecule has 1 fully saturated rings. The molecule has 1 saturated heterocycles. The lowest BCUT2D eigenvalue weighted by Crippen LogP contribution is -2.24. The van der Waals surface area contributed by atoms with Crippen LogP contribution in [0.5, 0.6) is 0 Å². The number of rotatable bonds is 3. The minimum Gasteiger partial charge on any atom is -0.376 e. The van der Waals surface area contributed by atoms with Gasteiger partial charge < -0.3 is 14.8 Å². The van der Waals surface area contributed by atoms with Crippen molar-refractivity contribution < 1.29 is 9.47 Å². The van der Waals surface area contributed by atoms with Gasteiger partial charge in [-0.2, -0.15) is 0 Å². The SMILES string of the molecule is CNCc1ccnc(C2COCCO2)n1. The number of ether oxygens (including phenoxy) is 2. The highest BCUT2D eigenvalue weighted by Gasteiger charge is 2.19. The first kappa shape index (κ1) is 10.5. The Bertz CT molecular complexity index is 313. The molecule has 1 N–H and O–H groups in total. The van der Waals surface area contributed by atoms with E-state index < -0.39 is 0 Å². The highest BCUT2D eigenvalue weighted by Crippen LogP contribution is 2.16. The molecule has 5 nitrogen and oxygen atoms in total. The summed E-state index contributed by atoms with van der Waals surface area (Å²) in [5.41, 5.74) is 0.969. The average molecular weight is 209 g/mol. The summed E-state index contributed by atoms with van der Waals surface area (Å²) in [5, 5.41) is 3.05. The third kappa shape index (κ3) is 2.71. The van der Waals surface area contributed by atoms with Gasteiger partial charge in [-0.1, -0.05) is 0 Å². The summed E-state index contributed by atoms with van der Waals surface area (Å²) >= 11 is 0. The third-order valence-electron chi connectivity index (χ3n) is 2.19. The van der Waals surface area contributed by atoms with Crippen LogP contribution < -0.4 is 5.32 Å². The number of hydrogen-bond donors (Lipinski definition) is 1. The largest absolute Gasteiger partial charge is 0.376 e. The van der Waals surface area contributed by atoms with E-state index in [1.807, 2.05) is 13.1 Å². The Hall–Kier alpha value is -1.04. The van der Waals surface area contributed by atoms with Crippen LogP contribution >= 0.6 is 0 Å². The molecule has 1 aliphatic heterocycles. The highest BCUT2D eigenvalue weighted by atomic mass is 16.6. The second-order valence-corrected chi connectivity index (χ2v) is 3.37. The van der Waals surface area contributed by atoms with Gasteiger partial charge in [0, 0.05) is 12.7 Å². The lowest BCUT2D eigenvalue weighted by Gasteiger charge is -2.21. The van der Waals surface area contributed by atoms with Gasteiger partial charge in [-0.25, -0.2) is 9.97 Å². The fourth-order valence-corrected chi connectivity index (χ4v) is 1.48. The minimum atomic E-state index is -0.115. The lowest BCUT2D eigenvalue weighted by atomic mass is 10.3. The number of hydrogen-bond acceptors (Lipinski definition) is 5. The standard InChI is InChI=1S/C10H15N3O2/c1-11-6-8-2-3-12-10(13-8)9-7-14-4-5-15-9/h2-3,9,11H,4-7H2,1H3. The zero-order valence-corrected chi connectivity index (χ0v) is 8.77. The van der Waals surface area contributed by atoms with Crippen LogP contribution in [0.1, 0.15) is 17.6 Å². The van der Waals surface area contributed by atoms with Gasteiger partial charge in [-0.3, -0.25) is 0 Å². The number of nitrogens with one attached hydrogen (secondary N) is 1. The van der Waals surface area contributed by atoms with Gasteiger partial charge in [0.15, 0.2) is 5.82 Å². The first-order valence-corrected chi connectivity index (χ1v) is 5.06. The van der Waals surface area contributed by atoms with E-state index in [9.17, 15) is 0 Å². The molecule has 2 rings (SSSR count). The molecule has 0 saturated carbocycles. The summed E-state index contributed by atoms with van der Waals surface area (Å²) in [6, 6.07) is 1.89. The first-order valence-electron chi connectivity index (χ1n) is 5.06. The van der Waals surface area contributed by atoms with Crippen molar-refractivity contribution in [3.63, 3.8) is 0 Å². The Labute approximate surface area is 88.8 Å². The van der Waals surface area contributed by atoms with E-state index in [0.29, 0.717) is 25.6 Å². The van der Waals surface area contributed by atoms with Gasteiger partial charge in [0.25, 0.3) is 0 Å². The van der Waals surface area contributed by atoms with E-state index in [-0.39, 0.29) is 6.10 Å². The maximum absolute atomic E-state index is 5.53. The van der Waals surface area contributed by atoms with Gasteiger partial charge in [0.05, 0.1) is 25.5 Å². The summed E-state index contributed by atoms with van der Waals surface area (Å²) in [7, 11) is 1.89. The number of nitrogens with zero attached hydrogens (tertiary/aromatic N) is 2. The van der Waals surface area contributed by atoms with Crippen molar-refractivity contribution in [1.82, 2.24) is 15.3 Å². The van der Waals surface area contributed by atoms with E-state index in [2.05, 4.69) is 15.3 Å². The molecule has 0 bridgehead atoms. The first-order chi connectivity index (χ1) is 7.40. The number of aromatic nitrogens is 2. The summed E-state index contributed by atoms with van der Waals surface area (Å²) < 4.78 is 10.8. The van der Waals surface area contributed by atoms with Crippen molar-refractivity contribution in [2.24, 2.45) is 0 Å². The third-order valence-corrected chi connectivity index (χ3v) is 2.19. The fourth-order valence-electron chi connectivity index (χ4n) is 1.48. The minimum absolute atomic E-state index is 0.115. The van der Waals surface area contributed by atoms with Crippen molar-refractivity contribution in [2.45, 2.75) is 12.6 Å². The smallest absolute Gasteiger partial charge is 0.159 e. The molecule has 1 unspecified atom stereocenters. The fraction of sp³-hybridized carbons (Fsp3) is 0.600. The van der Waals surface area contributed by atoms with Gasteiger partial charge in [0.1, 0.15) is 6.10 Å². The van der Waals surface area contributed by atoms with Crippen LogP contribution in [0, 0.1) is 0 Å². The predicted molar refractivity (Wildman–Crippen MR) is 54.3 cm³/mol. The van der Waals surface area contributed by atoms with Crippen molar-refractivity contribution in [2.75, 3.05) is 26.9 Å². The average Bonchev–Trinajstić information content (AvgIpc) is 2.31. The van der Waals surface area contributed by atoms with Crippen LogP contribution in [0.25, 0.3) is 0 Å². The molecule has 0 spiro atoms. The molecule has 0 amide bonds. The molecule has 0 aliphatic carbocycles. The molecule has 0 aromatic carbocycles. The Morgan fingerprint density at radius 2 is 2.47 bits per heavy atom. The van der Waals surface area contributed by atoms with Gasteiger partial charge >= 0.3 is 0 Å². The van der Waals surface area contributed by atoms with Crippen molar-refractivity contribution >= 4 is 0 Å². The molecule has 82 valence electrons. The van der Waals surface area contributed by atoms with Crippen molar-refractivity contribution in [3.05, 3.63) is 23.8 Å². The second kappa shape index (κ2) is 5.16. The second-order valence-electron chi connectivity index (χ2n) is 3.37. The van der Waals surface area contributed by atoms with Crippen LogP contribution in [0.2, 0.25) is 0 Å². The van der Waals surface area contributed by atoms with Crippen LogP contribution in [-0.2, 0) is 16.0 Å². The molecule has 2 heterocycles.